The lowest BCUT2D eigenvalue weighted by Gasteiger charge is -2.40. The average molecular weight is 501 g/mol. The number of pyridine rings is 2. The number of rotatable bonds is 8. The molecule has 1 aliphatic rings. The van der Waals surface area contributed by atoms with Crippen LogP contribution < -0.4 is 19.3 Å². The fourth-order valence-corrected chi connectivity index (χ4v) is 4.84. The van der Waals surface area contributed by atoms with Crippen LogP contribution in [0.25, 0.3) is 0 Å². The Hall–Kier alpha value is -3.40. The zero-order valence-electron chi connectivity index (χ0n) is 20.0. The molecule has 3 aromatic rings. The lowest BCUT2D eigenvalue weighted by Crippen LogP contribution is -2.43. The zero-order chi connectivity index (χ0) is 25.0. The van der Waals surface area contributed by atoms with E-state index in [1.807, 2.05) is 18.2 Å². The molecule has 1 aliphatic heterocycles. The highest BCUT2D eigenvalue weighted by atomic mass is 32.2. The van der Waals surface area contributed by atoms with Gasteiger partial charge in [-0.2, -0.15) is 0 Å². The molecule has 3 heterocycles. The van der Waals surface area contributed by atoms with E-state index < -0.39 is 16.2 Å². The Morgan fingerprint density at radius 2 is 1.80 bits per heavy atom. The van der Waals surface area contributed by atoms with Gasteiger partial charge in [-0.25, -0.2) is 17.8 Å². The number of nitrogens with zero attached hydrogens (tertiary/aromatic N) is 4. The van der Waals surface area contributed by atoms with Gasteiger partial charge in [0.15, 0.2) is 9.84 Å². The molecule has 1 fully saturated rings. The standard InChI is InChI=1S/C25H29FN4O4S/c1-18(26)34-21-6-4-19(5-7-21)30(23-17-27-13-10-24(23)33-2)20-11-14-29(15-12-20)25-9-8-22(16-28-25)35(3,31)32/h4-10,13,16-18,20H,11-12,14-15H2,1-3H3/t18-/m0/s1. The normalized spacial score (nSPS) is 15.5. The Bertz CT molecular complexity index is 1230. The van der Waals surface area contributed by atoms with Crippen molar-refractivity contribution in [3.63, 3.8) is 0 Å². The van der Waals surface area contributed by atoms with Crippen molar-refractivity contribution in [1.82, 2.24) is 9.97 Å². The fraction of sp³-hybridized carbons (Fsp3) is 0.360. The summed E-state index contributed by atoms with van der Waals surface area (Å²) < 4.78 is 47.5. The molecule has 186 valence electrons. The molecule has 0 radical (unpaired) electrons. The molecule has 1 atom stereocenters. The van der Waals surface area contributed by atoms with Gasteiger partial charge in [0.1, 0.15) is 23.0 Å². The number of sulfone groups is 1. The van der Waals surface area contributed by atoms with Crippen molar-refractivity contribution in [2.24, 2.45) is 0 Å². The SMILES string of the molecule is COc1ccncc1N(c1ccc(O[C@@H](C)F)cc1)C1CCN(c2ccc(S(C)(=O)=O)cn2)CC1. The second kappa shape index (κ2) is 10.5. The second-order valence-electron chi connectivity index (χ2n) is 8.41. The van der Waals surface area contributed by atoms with Gasteiger partial charge in [0.05, 0.1) is 18.2 Å². The molecule has 35 heavy (non-hydrogen) atoms. The van der Waals surface area contributed by atoms with E-state index >= 15 is 0 Å². The molecular formula is C25H29FN4O4S. The number of methoxy groups -OCH3 is 1. The van der Waals surface area contributed by atoms with Crippen LogP contribution in [-0.2, 0) is 9.84 Å². The van der Waals surface area contributed by atoms with Crippen molar-refractivity contribution in [3.05, 3.63) is 61.1 Å². The summed E-state index contributed by atoms with van der Waals surface area (Å²) in [4.78, 5) is 13.3. The summed E-state index contributed by atoms with van der Waals surface area (Å²) in [5.74, 6) is 1.92. The molecule has 0 unspecified atom stereocenters. The summed E-state index contributed by atoms with van der Waals surface area (Å²) in [7, 11) is -1.65. The summed E-state index contributed by atoms with van der Waals surface area (Å²) in [6.07, 6.45) is 6.32. The van der Waals surface area contributed by atoms with E-state index in [0.717, 1.165) is 43.1 Å². The van der Waals surface area contributed by atoms with Gasteiger partial charge in [-0.1, -0.05) is 0 Å². The van der Waals surface area contributed by atoms with E-state index in [0.29, 0.717) is 11.5 Å². The molecule has 0 bridgehead atoms. The molecule has 0 aliphatic carbocycles. The summed E-state index contributed by atoms with van der Waals surface area (Å²) in [5, 5.41) is 0. The fourth-order valence-electron chi connectivity index (χ4n) is 4.28. The van der Waals surface area contributed by atoms with E-state index in [1.54, 1.807) is 43.8 Å². The predicted octanol–water partition coefficient (Wildman–Crippen LogP) is 4.39. The number of benzene rings is 1. The van der Waals surface area contributed by atoms with E-state index in [9.17, 15) is 12.8 Å². The van der Waals surface area contributed by atoms with Crippen LogP contribution in [0.3, 0.4) is 0 Å². The van der Waals surface area contributed by atoms with E-state index in [2.05, 4.69) is 19.8 Å². The van der Waals surface area contributed by atoms with Gasteiger partial charge < -0.3 is 19.3 Å². The Morgan fingerprint density at radius 3 is 2.37 bits per heavy atom. The minimum Gasteiger partial charge on any atom is -0.494 e. The van der Waals surface area contributed by atoms with Crippen molar-refractivity contribution in [2.45, 2.75) is 37.1 Å². The third-order valence-electron chi connectivity index (χ3n) is 5.96. The smallest absolute Gasteiger partial charge is 0.235 e. The largest absolute Gasteiger partial charge is 0.494 e. The Morgan fingerprint density at radius 1 is 1.09 bits per heavy atom. The number of piperidine rings is 1. The van der Waals surface area contributed by atoms with Crippen molar-refractivity contribution >= 4 is 27.0 Å². The van der Waals surface area contributed by atoms with Crippen LogP contribution in [0.15, 0.2) is 66.0 Å². The minimum absolute atomic E-state index is 0.145. The Labute approximate surface area is 205 Å². The van der Waals surface area contributed by atoms with Crippen molar-refractivity contribution in [2.75, 3.05) is 36.3 Å². The van der Waals surface area contributed by atoms with Gasteiger partial charge in [0, 0.05) is 56.5 Å². The topological polar surface area (TPSA) is 84.9 Å². The van der Waals surface area contributed by atoms with Crippen LogP contribution in [0.4, 0.5) is 21.6 Å². The third-order valence-corrected chi connectivity index (χ3v) is 7.05. The monoisotopic (exact) mass is 500 g/mol. The Balaban J connectivity index is 1.57. The maximum atomic E-state index is 13.3. The summed E-state index contributed by atoms with van der Waals surface area (Å²) in [5.41, 5.74) is 1.76. The van der Waals surface area contributed by atoms with Crippen LogP contribution in [0.5, 0.6) is 11.5 Å². The number of hydrogen-bond donors (Lipinski definition) is 0. The maximum Gasteiger partial charge on any atom is 0.235 e. The molecule has 0 N–H and O–H groups in total. The Kier molecular flexibility index (Phi) is 7.39. The van der Waals surface area contributed by atoms with Gasteiger partial charge in [-0.05, 0) is 49.2 Å². The zero-order valence-corrected chi connectivity index (χ0v) is 20.8. The van der Waals surface area contributed by atoms with Crippen molar-refractivity contribution in [1.29, 1.82) is 0 Å². The quantitative estimate of drug-likeness (QED) is 0.450. The van der Waals surface area contributed by atoms with E-state index in [4.69, 9.17) is 9.47 Å². The first-order valence-corrected chi connectivity index (χ1v) is 13.2. The molecule has 0 spiro atoms. The molecular weight excluding hydrogens is 471 g/mol. The molecule has 0 saturated carbocycles. The number of aromatic nitrogens is 2. The highest BCUT2D eigenvalue weighted by molar-refractivity contribution is 7.90. The molecule has 1 aromatic carbocycles. The van der Waals surface area contributed by atoms with Gasteiger partial charge in [-0.15, -0.1) is 0 Å². The van der Waals surface area contributed by atoms with Crippen LogP contribution in [0.2, 0.25) is 0 Å². The number of anilines is 3. The van der Waals surface area contributed by atoms with E-state index in [1.165, 1.54) is 19.4 Å². The molecule has 8 nitrogen and oxygen atoms in total. The van der Waals surface area contributed by atoms with Gasteiger partial charge in [-0.3, -0.25) is 4.98 Å². The molecule has 4 rings (SSSR count). The summed E-state index contributed by atoms with van der Waals surface area (Å²) in [6, 6.07) is 12.6. The van der Waals surface area contributed by atoms with E-state index in [-0.39, 0.29) is 10.9 Å². The highest BCUT2D eigenvalue weighted by Gasteiger charge is 2.29. The number of alkyl halides is 1. The first kappa shape index (κ1) is 24.7. The van der Waals surface area contributed by atoms with Crippen molar-refractivity contribution < 1.29 is 22.3 Å². The number of ether oxygens (including phenoxy) is 2. The third kappa shape index (κ3) is 5.82. The lowest BCUT2D eigenvalue weighted by molar-refractivity contribution is 0.0861. The first-order valence-electron chi connectivity index (χ1n) is 11.4. The summed E-state index contributed by atoms with van der Waals surface area (Å²) >= 11 is 0. The van der Waals surface area contributed by atoms with Crippen LogP contribution >= 0.6 is 0 Å². The first-order chi connectivity index (χ1) is 16.8. The molecule has 1 saturated heterocycles. The highest BCUT2D eigenvalue weighted by Crippen LogP contribution is 2.38. The van der Waals surface area contributed by atoms with Crippen molar-refractivity contribution in [3.8, 4) is 11.5 Å². The molecule has 0 amide bonds. The van der Waals surface area contributed by atoms with Crippen LogP contribution in [0.1, 0.15) is 19.8 Å². The van der Waals surface area contributed by atoms with Gasteiger partial charge in [0.2, 0.25) is 6.36 Å². The number of hydrogen-bond acceptors (Lipinski definition) is 8. The van der Waals surface area contributed by atoms with Crippen LogP contribution in [0, 0.1) is 0 Å². The molecule has 2 aromatic heterocycles. The van der Waals surface area contributed by atoms with Gasteiger partial charge in [0.25, 0.3) is 0 Å². The maximum absolute atomic E-state index is 13.3. The molecule has 10 heteroatoms. The summed E-state index contributed by atoms with van der Waals surface area (Å²) in [6.45, 7) is 2.84. The average Bonchev–Trinajstić information content (AvgIpc) is 2.85. The lowest BCUT2D eigenvalue weighted by atomic mass is 10.0. The van der Waals surface area contributed by atoms with Gasteiger partial charge >= 0.3 is 0 Å². The number of halogens is 1. The second-order valence-corrected chi connectivity index (χ2v) is 10.4. The van der Waals surface area contributed by atoms with Crippen LogP contribution in [-0.4, -0.2) is 57.2 Å². The minimum atomic E-state index is -3.28. The predicted molar refractivity (Wildman–Crippen MR) is 133 cm³/mol.